The molecule has 3 nitrogen and oxygen atoms in total. The Bertz CT molecular complexity index is 575. The molecule has 1 aromatic heterocycles. The third kappa shape index (κ3) is 1.38. The summed E-state index contributed by atoms with van der Waals surface area (Å²) in [7, 11) is 0. The van der Waals surface area contributed by atoms with Gasteiger partial charge in [0.1, 0.15) is 0 Å². The molecular formula is C11H10FNO2. The van der Waals surface area contributed by atoms with Crippen LogP contribution in [-0.4, -0.2) is 10.1 Å². The quantitative estimate of drug-likeness (QED) is 0.750. The molecular weight excluding hydrogens is 197 g/mol. The molecule has 78 valence electrons. The minimum absolute atomic E-state index is 0.289. The standard InChI is InChI=1S/C11H10FNO2/c1-2-6-4-3-5-7-8(6)9(12)10(14)11(15)13-7/h3-5,14H,2H2,1H3,(H,13,15). The number of fused-ring (bicyclic) bond motifs is 1. The topological polar surface area (TPSA) is 53.1 Å². The van der Waals surface area contributed by atoms with Gasteiger partial charge in [0.2, 0.25) is 5.75 Å². The monoisotopic (exact) mass is 207 g/mol. The molecule has 0 amide bonds. The predicted octanol–water partition coefficient (Wildman–Crippen LogP) is 1.94. The summed E-state index contributed by atoms with van der Waals surface area (Å²) in [4.78, 5) is 13.5. The van der Waals surface area contributed by atoms with E-state index in [2.05, 4.69) is 4.98 Å². The third-order valence-corrected chi connectivity index (χ3v) is 2.42. The number of pyridine rings is 1. The number of aromatic nitrogens is 1. The highest BCUT2D eigenvalue weighted by Gasteiger charge is 2.13. The first-order chi connectivity index (χ1) is 7.15. The van der Waals surface area contributed by atoms with Crippen molar-refractivity contribution < 1.29 is 9.50 Å². The van der Waals surface area contributed by atoms with E-state index in [0.717, 1.165) is 5.56 Å². The summed E-state index contributed by atoms with van der Waals surface area (Å²) in [6, 6.07) is 5.12. The average molecular weight is 207 g/mol. The molecule has 0 aliphatic heterocycles. The van der Waals surface area contributed by atoms with Gasteiger partial charge < -0.3 is 10.1 Å². The Balaban J connectivity index is 2.99. The van der Waals surface area contributed by atoms with E-state index < -0.39 is 17.1 Å². The number of aromatic amines is 1. The first kappa shape index (κ1) is 9.71. The van der Waals surface area contributed by atoms with E-state index in [1.165, 1.54) is 0 Å². The number of H-pyrrole nitrogens is 1. The molecule has 0 unspecified atom stereocenters. The number of hydrogen-bond acceptors (Lipinski definition) is 2. The van der Waals surface area contributed by atoms with E-state index in [0.29, 0.717) is 11.9 Å². The molecule has 0 atom stereocenters. The smallest absolute Gasteiger partial charge is 0.293 e. The van der Waals surface area contributed by atoms with E-state index >= 15 is 0 Å². The van der Waals surface area contributed by atoms with Crippen molar-refractivity contribution in [1.82, 2.24) is 4.98 Å². The van der Waals surface area contributed by atoms with E-state index in [-0.39, 0.29) is 5.39 Å². The fraction of sp³-hybridized carbons (Fsp3) is 0.182. The zero-order valence-corrected chi connectivity index (χ0v) is 8.17. The largest absolute Gasteiger partial charge is 0.501 e. The molecule has 0 spiro atoms. The Morgan fingerprint density at radius 2 is 2.20 bits per heavy atom. The molecule has 0 bridgehead atoms. The van der Waals surface area contributed by atoms with Crippen LogP contribution >= 0.6 is 0 Å². The van der Waals surface area contributed by atoms with Crippen molar-refractivity contribution in [3.63, 3.8) is 0 Å². The molecule has 0 saturated heterocycles. The highest BCUT2D eigenvalue weighted by molar-refractivity contribution is 5.84. The lowest BCUT2D eigenvalue weighted by atomic mass is 10.1. The van der Waals surface area contributed by atoms with Crippen molar-refractivity contribution in [3.05, 3.63) is 39.9 Å². The van der Waals surface area contributed by atoms with Crippen LogP contribution in [0, 0.1) is 5.82 Å². The molecule has 0 aliphatic carbocycles. The van der Waals surface area contributed by atoms with Crippen LogP contribution in [0.1, 0.15) is 12.5 Å². The molecule has 1 heterocycles. The molecule has 4 heteroatoms. The van der Waals surface area contributed by atoms with Gasteiger partial charge in [0.25, 0.3) is 5.56 Å². The Morgan fingerprint density at radius 3 is 2.87 bits per heavy atom. The van der Waals surface area contributed by atoms with Crippen LogP contribution in [0.2, 0.25) is 0 Å². The second kappa shape index (κ2) is 3.38. The van der Waals surface area contributed by atoms with Crippen molar-refractivity contribution in [3.8, 4) is 5.75 Å². The summed E-state index contributed by atoms with van der Waals surface area (Å²) in [5.74, 6) is -1.69. The molecule has 0 aliphatic rings. The maximum atomic E-state index is 13.6. The van der Waals surface area contributed by atoms with Gasteiger partial charge in [-0.1, -0.05) is 19.1 Å². The van der Waals surface area contributed by atoms with E-state index in [1.54, 1.807) is 18.2 Å². The van der Waals surface area contributed by atoms with Crippen LogP contribution in [0.15, 0.2) is 23.0 Å². The van der Waals surface area contributed by atoms with Gasteiger partial charge in [-0.2, -0.15) is 0 Å². The zero-order valence-electron chi connectivity index (χ0n) is 8.17. The van der Waals surface area contributed by atoms with Gasteiger partial charge in [-0.15, -0.1) is 0 Å². The summed E-state index contributed by atoms with van der Waals surface area (Å²) >= 11 is 0. The van der Waals surface area contributed by atoms with Gasteiger partial charge >= 0.3 is 0 Å². The number of hydrogen-bond donors (Lipinski definition) is 2. The Hall–Kier alpha value is -1.84. The maximum absolute atomic E-state index is 13.6. The van der Waals surface area contributed by atoms with Crippen LogP contribution < -0.4 is 5.56 Å². The first-order valence-corrected chi connectivity index (χ1v) is 4.67. The lowest BCUT2D eigenvalue weighted by molar-refractivity contribution is 0.428. The number of aromatic hydroxyl groups is 1. The molecule has 2 aromatic rings. The Morgan fingerprint density at radius 1 is 1.47 bits per heavy atom. The molecule has 0 radical (unpaired) electrons. The Labute approximate surface area is 85.2 Å². The fourth-order valence-electron chi connectivity index (χ4n) is 1.66. The van der Waals surface area contributed by atoms with Gasteiger partial charge in [0.05, 0.1) is 5.52 Å². The van der Waals surface area contributed by atoms with Gasteiger partial charge in [0.15, 0.2) is 5.82 Å². The van der Waals surface area contributed by atoms with Crippen LogP contribution in [0.3, 0.4) is 0 Å². The second-order valence-corrected chi connectivity index (χ2v) is 3.31. The number of rotatable bonds is 1. The molecule has 0 fully saturated rings. The normalized spacial score (nSPS) is 10.8. The average Bonchev–Trinajstić information content (AvgIpc) is 2.25. The van der Waals surface area contributed by atoms with Crippen LogP contribution in [-0.2, 0) is 6.42 Å². The summed E-state index contributed by atoms with van der Waals surface area (Å²) in [6.07, 6.45) is 0.639. The lowest BCUT2D eigenvalue weighted by Crippen LogP contribution is -2.08. The number of nitrogens with one attached hydrogen (secondary N) is 1. The van der Waals surface area contributed by atoms with Crippen LogP contribution in [0.25, 0.3) is 10.9 Å². The van der Waals surface area contributed by atoms with Crippen LogP contribution in [0.5, 0.6) is 5.75 Å². The van der Waals surface area contributed by atoms with Gasteiger partial charge in [-0.25, -0.2) is 4.39 Å². The highest BCUT2D eigenvalue weighted by Crippen LogP contribution is 2.23. The molecule has 15 heavy (non-hydrogen) atoms. The van der Waals surface area contributed by atoms with Gasteiger partial charge in [0, 0.05) is 5.39 Å². The fourth-order valence-corrected chi connectivity index (χ4v) is 1.66. The summed E-state index contributed by atoms with van der Waals surface area (Å²) in [5, 5.41) is 9.49. The van der Waals surface area contributed by atoms with Crippen LogP contribution in [0.4, 0.5) is 4.39 Å². The predicted molar refractivity (Wildman–Crippen MR) is 55.6 cm³/mol. The summed E-state index contributed by atoms with van der Waals surface area (Å²) in [5.41, 5.74) is 0.374. The van der Waals surface area contributed by atoms with Gasteiger partial charge in [-0.3, -0.25) is 4.79 Å². The summed E-state index contributed by atoms with van der Waals surface area (Å²) < 4.78 is 13.6. The van der Waals surface area contributed by atoms with Crippen molar-refractivity contribution >= 4 is 10.9 Å². The second-order valence-electron chi connectivity index (χ2n) is 3.31. The minimum Gasteiger partial charge on any atom is -0.501 e. The summed E-state index contributed by atoms with van der Waals surface area (Å²) in [6.45, 7) is 1.89. The van der Waals surface area contributed by atoms with Crippen molar-refractivity contribution in [2.24, 2.45) is 0 Å². The van der Waals surface area contributed by atoms with E-state index in [9.17, 15) is 14.3 Å². The minimum atomic E-state index is -0.844. The zero-order chi connectivity index (χ0) is 11.0. The molecule has 2 rings (SSSR count). The third-order valence-electron chi connectivity index (χ3n) is 2.42. The first-order valence-electron chi connectivity index (χ1n) is 4.67. The number of halogens is 1. The van der Waals surface area contributed by atoms with E-state index in [1.807, 2.05) is 6.92 Å². The maximum Gasteiger partial charge on any atom is 0.293 e. The van der Waals surface area contributed by atoms with Crippen molar-refractivity contribution in [2.45, 2.75) is 13.3 Å². The van der Waals surface area contributed by atoms with Crippen molar-refractivity contribution in [1.29, 1.82) is 0 Å². The number of aryl methyl sites for hydroxylation is 1. The highest BCUT2D eigenvalue weighted by atomic mass is 19.1. The SMILES string of the molecule is CCc1cccc2[nH]c(=O)c(O)c(F)c12. The van der Waals surface area contributed by atoms with Gasteiger partial charge in [-0.05, 0) is 18.1 Å². The van der Waals surface area contributed by atoms with Crippen molar-refractivity contribution in [2.75, 3.05) is 0 Å². The lowest BCUT2D eigenvalue weighted by Gasteiger charge is -2.05. The molecule has 2 N–H and O–H groups in total. The molecule has 0 saturated carbocycles. The molecule has 1 aromatic carbocycles. The Kier molecular flexibility index (Phi) is 2.19. The van der Waals surface area contributed by atoms with E-state index in [4.69, 9.17) is 0 Å². The number of benzene rings is 1.